The molecule has 2 fully saturated rings. The molecule has 2 aliphatic rings. The Kier molecular flexibility index (Phi) is 8.25. The van der Waals surface area contributed by atoms with Crippen molar-refractivity contribution in [2.45, 2.75) is 50.4 Å². The zero-order chi connectivity index (χ0) is 26.3. The van der Waals surface area contributed by atoms with Crippen LogP contribution in [0.25, 0.3) is 0 Å². The van der Waals surface area contributed by atoms with E-state index in [0.717, 1.165) is 35.7 Å². The number of amides is 2. The molecular weight excluding hydrogens is 550 g/mol. The third-order valence-electron chi connectivity index (χ3n) is 6.61. The van der Waals surface area contributed by atoms with Crippen LogP contribution in [0.5, 0.6) is 0 Å². The molecule has 2 aromatic heterocycles. The third kappa shape index (κ3) is 6.35. The van der Waals surface area contributed by atoms with Crippen LogP contribution in [-0.4, -0.2) is 57.3 Å². The van der Waals surface area contributed by atoms with Crippen LogP contribution < -0.4 is 20.9 Å². The molecule has 3 heterocycles. The summed E-state index contributed by atoms with van der Waals surface area (Å²) in [6.07, 6.45) is 7.98. The number of halogens is 1. The highest BCUT2D eigenvalue weighted by Crippen LogP contribution is 2.28. The number of nitriles is 1. The predicted molar refractivity (Wildman–Crippen MR) is 146 cm³/mol. The van der Waals surface area contributed by atoms with Gasteiger partial charge >= 0.3 is 6.03 Å². The van der Waals surface area contributed by atoms with Crippen molar-refractivity contribution in [2.75, 3.05) is 28.7 Å². The highest BCUT2D eigenvalue weighted by atomic mass is 79.9. The molecule has 3 aromatic rings. The van der Waals surface area contributed by atoms with Crippen LogP contribution >= 0.6 is 15.9 Å². The Morgan fingerprint density at radius 2 is 1.76 bits per heavy atom. The Balaban J connectivity index is 1.23. The Bertz CT molecular complexity index is 1270. The van der Waals surface area contributed by atoms with Crippen LogP contribution in [0.4, 0.5) is 22.5 Å². The Hall–Kier alpha value is -3.82. The van der Waals surface area contributed by atoms with E-state index in [4.69, 9.17) is 4.74 Å². The number of carbonyl (C=O) groups is 1. The van der Waals surface area contributed by atoms with Gasteiger partial charge in [0.15, 0.2) is 0 Å². The molecule has 1 aliphatic carbocycles. The van der Waals surface area contributed by atoms with E-state index in [9.17, 15) is 10.1 Å². The maximum Gasteiger partial charge on any atom is 0.324 e. The molecule has 2 amide bonds. The van der Waals surface area contributed by atoms with Crippen LogP contribution in [0.2, 0.25) is 0 Å². The van der Waals surface area contributed by atoms with E-state index in [1.807, 2.05) is 30.3 Å². The predicted octanol–water partition coefficient (Wildman–Crippen LogP) is 3.85. The largest absolute Gasteiger partial charge is 0.377 e. The van der Waals surface area contributed by atoms with Crippen molar-refractivity contribution in [1.82, 2.24) is 25.3 Å². The van der Waals surface area contributed by atoms with E-state index < -0.39 is 0 Å². The standard InChI is InChI=1S/C26H28BrN9O2/c27-19-13-30-25(31-14-19)36(26(37)32-11-17-4-2-1-3-5-17)22-8-6-20(7-9-22)34-24-29-12-18(10-28)23(35-24)33-21-15-38-16-21/h1-5,12-14,20-22H,6-9,11,15-16H2,(H,32,37)(H2,29,33,34,35)/t20-,22-. The maximum absolute atomic E-state index is 13.3. The Morgan fingerprint density at radius 1 is 1.03 bits per heavy atom. The van der Waals surface area contributed by atoms with Gasteiger partial charge < -0.3 is 20.7 Å². The van der Waals surface area contributed by atoms with Crippen molar-refractivity contribution >= 4 is 39.7 Å². The van der Waals surface area contributed by atoms with Gasteiger partial charge in [0.05, 0.1) is 29.9 Å². The summed E-state index contributed by atoms with van der Waals surface area (Å²) in [6, 6.07) is 11.9. The van der Waals surface area contributed by atoms with E-state index in [1.165, 1.54) is 6.20 Å². The molecule has 3 N–H and O–H groups in total. The van der Waals surface area contributed by atoms with Crippen molar-refractivity contribution in [3.63, 3.8) is 0 Å². The fourth-order valence-corrected chi connectivity index (χ4v) is 4.73. The molecule has 1 saturated carbocycles. The normalized spacial score (nSPS) is 19.1. The van der Waals surface area contributed by atoms with Crippen molar-refractivity contribution in [3.05, 3.63) is 64.5 Å². The molecule has 0 atom stereocenters. The minimum Gasteiger partial charge on any atom is -0.377 e. The molecule has 5 rings (SSSR count). The topological polar surface area (TPSA) is 141 Å². The lowest BCUT2D eigenvalue weighted by atomic mass is 9.90. The first-order chi connectivity index (χ1) is 18.6. The minimum absolute atomic E-state index is 0.0530. The number of rotatable bonds is 8. The lowest BCUT2D eigenvalue weighted by Gasteiger charge is -2.36. The van der Waals surface area contributed by atoms with Gasteiger partial charge in [0, 0.05) is 31.0 Å². The van der Waals surface area contributed by atoms with E-state index in [2.05, 4.69) is 57.9 Å². The zero-order valence-corrected chi connectivity index (χ0v) is 22.3. The number of benzene rings is 1. The summed E-state index contributed by atoms with van der Waals surface area (Å²) in [5.74, 6) is 1.37. The van der Waals surface area contributed by atoms with Crippen LogP contribution in [0.3, 0.4) is 0 Å². The van der Waals surface area contributed by atoms with Gasteiger partial charge in [-0.2, -0.15) is 10.2 Å². The molecule has 0 bridgehead atoms. The molecule has 12 heteroatoms. The summed E-state index contributed by atoms with van der Waals surface area (Å²) in [6.45, 7) is 1.61. The number of nitrogens with zero attached hydrogens (tertiary/aromatic N) is 6. The minimum atomic E-state index is -0.223. The Labute approximate surface area is 229 Å². The fraction of sp³-hybridized carbons (Fsp3) is 0.385. The summed E-state index contributed by atoms with van der Waals surface area (Å²) >= 11 is 3.37. The first-order valence-corrected chi connectivity index (χ1v) is 13.3. The van der Waals surface area contributed by atoms with Crippen LogP contribution in [0, 0.1) is 11.3 Å². The highest BCUT2D eigenvalue weighted by Gasteiger charge is 2.32. The average Bonchev–Trinajstić information content (AvgIpc) is 2.92. The van der Waals surface area contributed by atoms with Gasteiger partial charge in [0.25, 0.3) is 0 Å². The number of aromatic nitrogens is 4. The van der Waals surface area contributed by atoms with Crippen molar-refractivity contribution < 1.29 is 9.53 Å². The first-order valence-electron chi connectivity index (χ1n) is 12.6. The number of hydrogen-bond donors (Lipinski definition) is 3. The lowest BCUT2D eigenvalue weighted by Crippen LogP contribution is -2.49. The second-order valence-corrected chi connectivity index (χ2v) is 10.2. The summed E-state index contributed by atoms with van der Waals surface area (Å²) in [5, 5.41) is 19.1. The second kappa shape index (κ2) is 12.1. The summed E-state index contributed by atoms with van der Waals surface area (Å²) < 4.78 is 5.96. The fourth-order valence-electron chi connectivity index (χ4n) is 4.53. The Morgan fingerprint density at radius 3 is 2.42 bits per heavy atom. The number of urea groups is 1. The van der Waals surface area contributed by atoms with Crippen molar-refractivity contribution in [3.8, 4) is 6.07 Å². The molecule has 196 valence electrons. The van der Waals surface area contributed by atoms with Gasteiger partial charge in [-0.3, -0.25) is 4.90 Å². The van der Waals surface area contributed by atoms with E-state index in [-0.39, 0.29) is 24.2 Å². The molecule has 38 heavy (non-hydrogen) atoms. The van der Waals surface area contributed by atoms with Gasteiger partial charge in [-0.05, 0) is 47.2 Å². The number of nitrogens with one attached hydrogen (secondary N) is 3. The summed E-state index contributed by atoms with van der Waals surface area (Å²) in [4.78, 5) is 32.7. The molecule has 1 saturated heterocycles. The van der Waals surface area contributed by atoms with Crippen molar-refractivity contribution in [2.24, 2.45) is 0 Å². The first kappa shape index (κ1) is 25.8. The molecule has 1 aromatic carbocycles. The molecular formula is C26H28BrN9O2. The van der Waals surface area contributed by atoms with Crippen molar-refractivity contribution in [1.29, 1.82) is 5.26 Å². The van der Waals surface area contributed by atoms with Gasteiger partial charge in [-0.15, -0.1) is 0 Å². The van der Waals surface area contributed by atoms with Gasteiger partial charge in [-0.1, -0.05) is 30.3 Å². The number of hydrogen-bond acceptors (Lipinski definition) is 9. The molecule has 11 nitrogen and oxygen atoms in total. The molecule has 0 unspecified atom stereocenters. The molecule has 1 aliphatic heterocycles. The monoisotopic (exact) mass is 577 g/mol. The van der Waals surface area contributed by atoms with Gasteiger partial charge in [0.1, 0.15) is 17.5 Å². The number of anilines is 3. The van der Waals surface area contributed by atoms with Crippen LogP contribution in [-0.2, 0) is 11.3 Å². The quantitative estimate of drug-likeness (QED) is 0.364. The maximum atomic E-state index is 13.3. The van der Waals surface area contributed by atoms with Crippen LogP contribution in [0.1, 0.15) is 36.8 Å². The average molecular weight is 578 g/mol. The van der Waals surface area contributed by atoms with Crippen LogP contribution in [0.15, 0.2) is 53.4 Å². The zero-order valence-electron chi connectivity index (χ0n) is 20.7. The number of ether oxygens (including phenoxy) is 1. The second-order valence-electron chi connectivity index (χ2n) is 9.31. The number of carbonyl (C=O) groups excluding carboxylic acids is 1. The van der Waals surface area contributed by atoms with E-state index in [1.54, 1.807) is 17.3 Å². The van der Waals surface area contributed by atoms with Gasteiger partial charge in [0.2, 0.25) is 11.9 Å². The molecule has 0 radical (unpaired) electrons. The molecule has 0 spiro atoms. The third-order valence-corrected chi connectivity index (χ3v) is 7.02. The SMILES string of the molecule is N#Cc1cnc(N[C@H]2CC[C@H](N(C(=O)NCc3ccccc3)c3ncc(Br)cn3)CC2)nc1NC1COC1. The van der Waals surface area contributed by atoms with E-state index >= 15 is 0 Å². The van der Waals surface area contributed by atoms with E-state index in [0.29, 0.717) is 43.0 Å². The lowest BCUT2D eigenvalue weighted by molar-refractivity contribution is 0.0209. The summed E-state index contributed by atoms with van der Waals surface area (Å²) in [5.41, 5.74) is 1.42. The highest BCUT2D eigenvalue weighted by molar-refractivity contribution is 9.10. The summed E-state index contributed by atoms with van der Waals surface area (Å²) in [7, 11) is 0. The smallest absolute Gasteiger partial charge is 0.324 e. The van der Waals surface area contributed by atoms with Gasteiger partial charge in [-0.25, -0.2) is 19.7 Å².